The quantitative estimate of drug-likeness (QED) is 0.331. The summed E-state index contributed by atoms with van der Waals surface area (Å²) in [5.41, 5.74) is 0. The first-order valence-electron chi connectivity index (χ1n) is 10.2. The molecule has 26 heavy (non-hydrogen) atoms. The largest absolute Gasteiger partial charge is 0.383 e. The molecular formula is C19H38IN5O. The molecule has 0 aromatic heterocycles. The second kappa shape index (κ2) is 11.7. The summed E-state index contributed by atoms with van der Waals surface area (Å²) in [5.74, 6) is 1.75. The van der Waals surface area contributed by atoms with Gasteiger partial charge in [0.15, 0.2) is 5.96 Å². The third-order valence-electron chi connectivity index (χ3n) is 6.03. The number of hydrogen-bond acceptors (Lipinski definition) is 4. The number of likely N-dealkylation sites (tertiary alicyclic amines) is 2. The Hall–Kier alpha value is -0.120. The van der Waals surface area contributed by atoms with Gasteiger partial charge >= 0.3 is 0 Å². The Morgan fingerprint density at radius 1 is 1.04 bits per heavy atom. The van der Waals surface area contributed by atoms with Gasteiger partial charge in [0.1, 0.15) is 0 Å². The molecule has 152 valence electrons. The summed E-state index contributed by atoms with van der Waals surface area (Å²) in [5, 5.41) is 7.22. The van der Waals surface area contributed by atoms with Crippen LogP contribution in [0.5, 0.6) is 0 Å². The highest BCUT2D eigenvalue weighted by Crippen LogP contribution is 2.29. The maximum Gasteiger partial charge on any atom is 0.191 e. The lowest BCUT2D eigenvalue weighted by molar-refractivity contribution is 0.120. The number of piperidine rings is 2. The molecule has 7 heteroatoms. The second-order valence-electron chi connectivity index (χ2n) is 7.92. The average molecular weight is 479 g/mol. The lowest BCUT2D eigenvalue weighted by atomic mass is 9.97. The van der Waals surface area contributed by atoms with Crippen molar-refractivity contribution in [2.75, 3.05) is 60.0 Å². The van der Waals surface area contributed by atoms with Crippen molar-refractivity contribution in [1.29, 1.82) is 0 Å². The van der Waals surface area contributed by atoms with Crippen LogP contribution in [0.2, 0.25) is 0 Å². The summed E-state index contributed by atoms with van der Waals surface area (Å²) in [7, 11) is 3.67. The second-order valence-corrected chi connectivity index (χ2v) is 7.92. The summed E-state index contributed by atoms with van der Waals surface area (Å²) in [6.45, 7) is 7.85. The van der Waals surface area contributed by atoms with Crippen LogP contribution in [0.25, 0.3) is 0 Å². The zero-order valence-electron chi connectivity index (χ0n) is 16.6. The third kappa shape index (κ3) is 7.13. The predicted octanol–water partition coefficient (Wildman–Crippen LogP) is 1.75. The highest BCUT2D eigenvalue weighted by molar-refractivity contribution is 14.0. The van der Waals surface area contributed by atoms with Crippen molar-refractivity contribution < 1.29 is 4.74 Å². The van der Waals surface area contributed by atoms with Gasteiger partial charge in [-0.3, -0.25) is 4.99 Å². The number of ether oxygens (including phenoxy) is 1. The van der Waals surface area contributed by atoms with E-state index < -0.39 is 0 Å². The first-order chi connectivity index (χ1) is 12.3. The van der Waals surface area contributed by atoms with E-state index in [4.69, 9.17) is 4.74 Å². The van der Waals surface area contributed by atoms with Gasteiger partial charge in [-0.15, -0.1) is 24.0 Å². The van der Waals surface area contributed by atoms with Crippen molar-refractivity contribution in [2.45, 2.75) is 50.6 Å². The maximum absolute atomic E-state index is 5.18. The number of rotatable bonds is 7. The fourth-order valence-electron chi connectivity index (χ4n) is 4.11. The number of nitrogens with one attached hydrogen (secondary N) is 2. The minimum atomic E-state index is 0. The number of nitrogens with zero attached hydrogens (tertiary/aromatic N) is 3. The number of guanidine groups is 1. The van der Waals surface area contributed by atoms with Gasteiger partial charge in [-0.25, -0.2) is 0 Å². The third-order valence-corrected chi connectivity index (χ3v) is 6.03. The topological polar surface area (TPSA) is 52.1 Å². The van der Waals surface area contributed by atoms with Crippen molar-refractivity contribution >= 4 is 29.9 Å². The van der Waals surface area contributed by atoms with Crippen molar-refractivity contribution in [3.63, 3.8) is 0 Å². The van der Waals surface area contributed by atoms with Crippen LogP contribution in [0.4, 0.5) is 0 Å². The van der Waals surface area contributed by atoms with Gasteiger partial charge in [-0.1, -0.05) is 0 Å². The Morgan fingerprint density at radius 2 is 1.73 bits per heavy atom. The normalized spacial score (nSPS) is 24.3. The minimum Gasteiger partial charge on any atom is -0.383 e. The fourth-order valence-corrected chi connectivity index (χ4v) is 4.11. The Balaban J connectivity index is 0.00000243. The predicted molar refractivity (Wildman–Crippen MR) is 119 cm³/mol. The molecule has 3 fully saturated rings. The van der Waals surface area contributed by atoms with Gasteiger partial charge in [0.2, 0.25) is 0 Å². The molecule has 0 radical (unpaired) electrons. The molecule has 0 spiro atoms. The molecule has 0 aromatic rings. The lowest BCUT2D eigenvalue weighted by Gasteiger charge is -2.34. The molecule has 2 heterocycles. The molecule has 0 amide bonds. The molecule has 0 bridgehead atoms. The van der Waals surface area contributed by atoms with Crippen LogP contribution in [-0.2, 0) is 4.74 Å². The molecule has 2 N–H and O–H groups in total. The molecule has 2 saturated heterocycles. The number of halogens is 1. The van der Waals surface area contributed by atoms with E-state index in [-0.39, 0.29) is 24.0 Å². The standard InChI is InChI=1S/C19H37N5O.HI/c1-20-19(22-17-7-11-24(12-8-17)18-3-4-18)21-15-16-5-9-23(10-6-16)13-14-25-2;/h16-18H,3-15H2,1-2H3,(H2,20,21,22);1H. The number of hydrogen-bond donors (Lipinski definition) is 2. The van der Waals surface area contributed by atoms with Gasteiger partial charge in [0.05, 0.1) is 6.61 Å². The van der Waals surface area contributed by atoms with Crippen molar-refractivity contribution in [3.05, 3.63) is 0 Å². The highest BCUT2D eigenvalue weighted by atomic mass is 127. The van der Waals surface area contributed by atoms with E-state index in [0.717, 1.165) is 37.6 Å². The maximum atomic E-state index is 5.18. The Morgan fingerprint density at radius 3 is 2.31 bits per heavy atom. The van der Waals surface area contributed by atoms with Crippen molar-refractivity contribution in [1.82, 2.24) is 20.4 Å². The molecule has 0 unspecified atom stereocenters. The van der Waals surface area contributed by atoms with Crippen LogP contribution in [0.1, 0.15) is 38.5 Å². The van der Waals surface area contributed by atoms with E-state index in [9.17, 15) is 0 Å². The van der Waals surface area contributed by atoms with Crippen molar-refractivity contribution in [3.8, 4) is 0 Å². The molecular weight excluding hydrogens is 441 g/mol. The zero-order chi connectivity index (χ0) is 17.5. The monoisotopic (exact) mass is 479 g/mol. The summed E-state index contributed by atoms with van der Waals surface area (Å²) < 4.78 is 5.18. The first-order valence-corrected chi connectivity index (χ1v) is 10.2. The number of aliphatic imine (C=N–C) groups is 1. The molecule has 3 aliphatic rings. The van der Waals surface area contributed by atoms with Gasteiger partial charge in [0.25, 0.3) is 0 Å². The summed E-state index contributed by atoms with van der Waals surface area (Å²) in [6, 6.07) is 1.49. The Bertz CT molecular complexity index is 416. The fraction of sp³-hybridized carbons (Fsp3) is 0.947. The van der Waals surface area contributed by atoms with Crippen molar-refractivity contribution in [2.24, 2.45) is 10.9 Å². The van der Waals surface area contributed by atoms with Crippen LogP contribution in [-0.4, -0.2) is 87.9 Å². The lowest BCUT2D eigenvalue weighted by Crippen LogP contribution is -2.50. The SMILES string of the molecule is CN=C(NCC1CCN(CCOC)CC1)NC1CCN(C2CC2)CC1.I. The molecule has 6 nitrogen and oxygen atoms in total. The average Bonchev–Trinajstić information content (AvgIpc) is 3.50. The summed E-state index contributed by atoms with van der Waals surface area (Å²) in [4.78, 5) is 9.63. The molecule has 1 aliphatic carbocycles. The van der Waals surface area contributed by atoms with Gasteiger partial charge in [0, 0.05) is 52.4 Å². The highest BCUT2D eigenvalue weighted by Gasteiger charge is 2.32. The zero-order valence-corrected chi connectivity index (χ0v) is 18.9. The molecule has 2 aliphatic heterocycles. The summed E-state index contributed by atoms with van der Waals surface area (Å²) >= 11 is 0. The van der Waals surface area contributed by atoms with Crippen LogP contribution >= 0.6 is 24.0 Å². The van der Waals surface area contributed by atoms with Crippen LogP contribution in [0.3, 0.4) is 0 Å². The Kier molecular flexibility index (Phi) is 9.94. The molecule has 1 saturated carbocycles. The van der Waals surface area contributed by atoms with E-state index in [1.165, 1.54) is 64.7 Å². The van der Waals surface area contributed by atoms with Gasteiger partial charge in [-0.05, 0) is 57.5 Å². The first kappa shape index (κ1) is 22.2. The van der Waals surface area contributed by atoms with Crippen LogP contribution in [0, 0.1) is 5.92 Å². The van der Waals surface area contributed by atoms with Crippen LogP contribution < -0.4 is 10.6 Å². The molecule has 0 atom stereocenters. The molecule has 3 rings (SSSR count). The summed E-state index contributed by atoms with van der Waals surface area (Å²) in [6.07, 6.45) is 7.88. The van der Waals surface area contributed by atoms with E-state index in [1.54, 1.807) is 7.11 Å². The van der Waals surface area contributed by atoms with Gasteiger partial charge < -0.3 is 25.2 Å². The smallest absolute Gasteiger partial charge is 0.191 e. The minimum absolute atomic E-state index is 0. The van der Waals surface area contributed by atoms with E-state index in [0.29, 0.717) is 6.04 Å². The van der Waals surface area contributed by atoms with E-state index in [2.05, 4.69) is 25.4 Å². The Labute approximate surface area is 176 Å². The van der Waals surface area contributed by atoms with Crippen LogP contribution in [0.15, 0.2) is 4.99 Å². The molecule has 0 aromatic carbocycles. The van der Waals surface area contributed by atoms with E-state index >= 15 is 0 Å². The number of methoxy groups -OCH3 is 1. The van der Waals surface area contributed by atoms with Gasteiger partial charge in [-0.2, -0.15) is 0 Å². The van der Waals surface area contributed by atoms with E-state index in [1.807, 2.05) is 7.05 Å².